The van der Waals surface area contributed by atoms with Crippen LogP contribution in [0, 0.1) is 0 Å². The molecule has 1 unspecified atom stereocenters. The van der Waals surface area contributed by atoms with Crippen LogP contribution in [0.15, 0.2) is 36.9 Å². The number of aliphatic hydroxyl groups excluding tert-OH is 1. The van der Waals surface area contributed by atoms with E-state index in [0.717, 1.165) is 12.0 Å². The first-order valence-electron chi connectivity index (χ1n) is 6.08. The van der Waals surface area contributed by atoms with Crippen molar-refractivity contribution < 1.29 is 5.11 Å². The Hall–Kier alpha value is -1.61. The third-order valence-corrected chi connectivity index (χ3v) is 3.45. The fraction of sp³-hybridized carbons (Fsp3) is 0.357. The molecule has 2 aromatic rings. The molecule has 1 aliphatic rings. The van der Waals surface area contributed by atoms with Gasteiger partial charge >= 0.3 is 0 Å². The number of hydrogen-bond acceptors (Lipinski definition) is 2. The highest BCUT2D eigenvalue weighted by atomic mass is 16.3. The molecule has 1 aromatic carbocycles. The molecule has 0 fully saturated rings. The molecule has 3 heteroatoms. The van der Waals surface area contributed by atoms with Crippen molar-refractivity contribution in [1.29, 1.82) is 0 Å². The van der Waals surface area contributed by atoms with E-state index in [1.54, 1.807) is 12.5 Å². The summed E-state index contributed by atoms with van der Waals surface area (Å²) in [4.78, 5) is 3.98. The molecular weight excluding hydrogens is 212 g/mol. The van der Waals surface area contributed by atoms with Crippen LogP contribution in [-0.2, 0) is 19.4 Å². The smallest absolute Gasteiger partial charge is 0.0969 e. The molecule has 0 bridgehead atoms. The molecule has 0 saturated heterocycles. The SMILES string of the molecule is OC(Cn1ccnc1)c1ccc2c(c1)CCC2. The fourth-order valence-electron chi connectivity index (χ4n) is 2.50. The van der Waals surface area contributed by atoms with Gasteiger partial charge in [-0.25, -0.2) is 4.98 Å². The lowest BCUT2D eigenvalue weighted by Gasteiger charge is -2.13. The first-order valence-corrected chi connectivity index (χ1v) is 6.08. The van der Waals surface area contributed by atoms with Gasteiger partial charge in [0.25, 0.3) is 0 Å². The maximum absolute atomic E-state index is 10.2. The van der Waals surface area contributed by atoms with Crippen LogP contribution in [0.2, 0.25) is 0 Å². The highest BCUT2D eigenvalue weighted by Crippen LogP contribution is 2.25. The quantitative estimate of drug-likeness (QED) is 0.873. The van der Waals surface area contributed by atoms with E-state index in [1.165, 1.54) is 24.0 Å². The van der Waals surface area contributed by atoms with Gasteiger partial charge in [-0.1, -0.05) is 18.2 Å². The first-order chi connectivity index (χ1) is 8.33. The summed E-state index contributed by atoms with van der Waals surface area (Å²) in [5.74, 6) is 0. The van der Waals surface area contributed by atoms with Crippen molar-refractivity contribution in [2.24, 2.45) is 0 Å². The van der Waals surface area contributed by atoms with E-state index in [1.807, 2.05) is 16.8 Å². The molecule has 3 nitrogen and oxygen atoms in total. The second kappa shape index (κ2) is 4.34. The molecule has 1 heterocycles. The lowest BCUT2D eigenvalue weighted by atomic mass is 10.0. The van der Waals surface area contributed by atoms with E-state index in [9.17, 15) is 5.11 Å². The maximum Gasteiger partial charge on any atom is 0.0969 e. The van der Waals surface area contributed by atoms with E-state index in [2.05, 4.69) is 17.1 Å². The van der Waals surface area contributed by atoms with Crippen LogP contribution in [0.1, 0.15) is 29.2 Å². The van der Waals surface area contributed by atoms with Gasteiger partial charge < -0.3 is 9.67 Å². The van der Waals surface area contributed by atoms with Crippen molar-refractivity contribution in [1.82, 2.24) is 9.55 Å². The Morgan fingerprint density at radius 3 is 3.00 bits per heavy atom. The molecule has 3 rings (SSSR count). The number of aromatic nitrogens is 2. The normalized spacial score (nSPS) is 15.8. The zero-order valence-corrected chi connectivity index (χ0v) is 9.71. The number of imidazole rings is 1. The molecule has 17 heavy (non-hydrogen) atoms. The van der Waals surface area contributed by atoms with Crippen LogP contribution < -0.4 is 0 Å². The van der Waals surface area contributed by atoms with Gasteiger partial charge in [-0.3, -0.25) is 0 Å². The monoisotopic (exact) mass is 228 g/mol. The molecule has 1 aromatic heterocycles. The summed E-state index contributed by atoms with van der Waals surface area (Å²) in [6.07, 6.45) is 8.47. The topological polar surface area (TPSA) is 38.0 Å². The van der Waals surface area contributed by atoms with Crippen LogP contribution in [0.5, 0.6) is 0 Å². The van der Waals surface area contributed by atoms with Crippen molar-refractivity contribution >= 4 is 0 Å². The minimum atomic E-state index is -0.449. The molecule has 0 amide bonds. The van der Waals surface area contributed by atoms with Crippen LogP contribution in [0.3, 0.4) is 0 Å². The van der Waals surface area contributed by atoms with E-state index in [-0.39, 0.29) is 0 Å². The summed E-state index contributed by atoms with van der Waals surface area (Å²) in [6.45, 7) is 0.568. The van der Waals surface area contributed by atoms with Gasteiger partial charge in [0.2, 0.25) is 0 Å². The number of rotatable bonds is 3. The molecular formula is C14H16N2O. The molecule has 88 valence electrons. The number of aliphatic hydroxyl groups is 1. The largest absolute Gasteiger partial charge is 0.387 e. The Morgan fingerprint density at radius 2 is 2.18 bits per heavy atom. The fourth-order valence-corrected chi connectivity index (χ4v) is 2.50. The highest BCUT2D eigenvalue weighted by molar-refractivity contribution is 5.36. The minimum Gasteiger partial charge on any atom is -0.387 e. The molecule has 0 saturated carbocycles. The third-order valence-electron chi connectivity index (χ3n) is 3.45. The van der Waals surface area contributed by atoms with E-state index in [0.29, 0.717) is 6.54 Å². The summed E-state index contributed by atoms with van der Waals surface area (Å²) in [7, 11) is 0. The van der Waals surface area contributed by atoms with Gasteiger partial charge in [-0.05, 0) is 36.0 Å². The summed E-state index contributed by atoms with van der Waals surface area (Å²) < 4.78 is 1.90. The number of fused-ring (bicyclic) bond motifs is 1. The van der Waals surface area contributed by atoms with Crippen LogP contribution >= 0.6 is 0 Å². The summed E-state index contributed by atoms with van der Waals surface area (Å²) >= 11 is 0. The molecule has 0 spiro atoms. The van der Waals surface area contributed by atoms with Crippen LogP contribution in [-0.4, -0.2) is 14.7 Å². The number of aryl methyl sites for hydroxylation is 2. The Morgan fingerprint density at radius 1 is 1.29 bits per heavy atom. The predicted octanol–water partition coefficient (Wildman–Crippen LogP) is 2.11. The minimum absolute atomic E-state index is 0.449. The Balaban J connectivity index is 1.79. The first kappa shape index (κ1) is 10.5. The van der Waals surface area contributed by atoms with Crippen molar-refractivity contribution in [3.8, 4) is 0 Å². The number of benzene rings is 1. The number of hydrogen-bond donors (Lipinski definition) is 1. The van der Waals surface area contributed by atoms with Crippen LogP contribution in [0.4, 0.5) is 0 Å². The molecule has 1 atom stereocenters. The molecule has 1 aliphatic carbocycles. The third kappa shape index (κ3) is 2.11. The predicted molar refractivity (Wildman–Crippen MR) is 65.7 cm³/mol. The molecule has 0 radical (unpaired) electrons. The second-order valence-corrected chi connectivity index (χ2v) is 4.66. The number of nitrogens with zero attached hydrogens (tertiary/aromatic N) is 2. The van der Waals surface area contributed by atoms with E-state index in [4.69, 9.17) is 0 Å². The van der Waals surface area contributed by atoms with E-state index >= 15 is 0 Å². The van der Waals surface area contributed by atoms with Gasteiger partial charge in [-0.2, -0.15) is 0 Å². The molecule has 0 aliphatic heterocycles. The van der Waals surface area contributed by atoms with Gasteiger partial charge in [0, 0.05) is 12.4 Å². The standard InChI is InChI=1S/C14H16N2O/c17-14(9-16-7-6-15-10-16)13-5-4-11-2-1-3-12(11)8-13/h4-8,10,14,17H,1-3,9H2. The van der Waals surface area contributed by atoms with Crippen molar-refractivity contribution in [2.75, 3.05) is 0 Å². The Kier molecular flexibility index (Phi) is 2.69. The van der Waals surface area contributed by atoms with E-state index < -0.39 is 6.10 Å². The van der Waals surface area contributed by atoms with Gasteiger partial charge in [0.15, 0.2) is 0 Å². The zero-order valence-electron chi connectivity index (χ0n) is 9.71. The van der Waals surface area contributed by atoms with Gasteiger partial charge in [-0.15, -0.1) is 0 Å². The average Bonchev–Trinajstić information content (AvgIpc) is 2.97. The zero-order chi connectivity index (χ0) is 11.7. The van der Waals surface area contributed by atoms with Gasteiger partial charge in [0.1, 0.15) is 0 Å². The maximum atomic E-state index is 10.2. The second-order valence-electron chi connectivity index (χ2n) is 4.66. The van der Waals surface area contributed by atoms with Crippen molar-refractivity contribution in [3.05, 3.63) is 53.6 Å². The average molecular weight is 228 g/mol. The highest BCUT2D eigenvalue weighted by Gasteiger charge is 2.14. The van der Waals surface area contributed by atoms with Crippen LogP contribution in [0.25, 0.3) is 0 Å². The summed E-state index contributed by atoms with van der Waals surface area (Å²) in [5, 5.41) is 10.2. The lowest BCUT2D eigenvalue weighted by molar-refractivity contribution is 0.156. The van der Waals surface area contributed by atoms with Crippen molar-refractivity contribution in [3.63, 3.8) is 0 Å². The Labute approximate surface area is 101 Å². The summed E-state index contributed by atoms with van der Waals surface area (Å²) in [5.41, 5.74) is 3.87. The lowest BCUT2D eigenvalue weighted by Crippen LogP contribution is -2.07. The van der Waals surface area contributed by atoms with Crippen molar-refractivity contribution in [2.45, 2.75) is 31.9 Å². The Bertz CT molecular complexity index is 505. The molecule has 1 N–H and O–H groups in total. The van der Waals surface area contributed by atoms with Gasteiger partial charge in [0.05, 0.1) is 19.0 Å². The summed E-state index contributed by atoms with van der Waals surface area (Å²) in [6, 6.07) is 6.37.